The number of hydrogen-bond acceptors (Lipinski definition) is 3. The van der Waals surface area contributed by atoms with Gasteiger partial charge in [-0.05, 0) is 26.2 Å². The minimum Gasteiger partial charge on any atom is -0.356 e. The summed E-state index contributed by atoms with van der Waals surface area (Å²) in [4.78, 5) is 0. The molecule has 3 heteroatoms. The second kappa shape index (κ2) is 6.58. The predicted molar refractivity (Wildman–Crippen MR) is 45.3 cm³/mol. The Bertz CT molecular complexity index is 82.2. The van der Waals surface area contributed by atoms with E-state index in [9.17, 15) is 0 Å². The third-order valence-electron chi connectivity index (χ3n) is 1.63. The number of nitrogens with two attached hydrogens (primary N) is 1. The summed E-state index contributed by atoms with van der Waals surface area (Å²) in [5.41, 5.74) is 5.58. The van der Waals surface area contributed by atoms with Crippen LogP contribution in [0.15, 0.2) is 0 Å². The van der Waals surface area contributed by atoms with Crippen LogP contribution in [0.2, 0.25) is 0 Å². The average molecular weight is 161 g/mol. The fraction of sp³-hybridized carbons (Fsp3) is 1.00. The van der Waals surface area contributed by atoms with Gasteiger partial charge in [0.1, 0.15) is 0 Å². The highest BCUT2D eigenvalue weighted by atomic mass is 16.7. The summed E-state index contributed by atoms with van der Waals surface area (Å²) in [6.07, 6.45) is 2.95. The van der Waals surface area contributed by atoms with E-state index in [1.165, 1.54) is 0 Å². The molecular weight excluding hydrogens is 142 g/mol. The van der Waals surface area contributed by atoms with Crippen molar-refractivity contribution in [1.82, 2.24) is 0 Å². The van der Waals surface area contributed by atoms with Gasteiger partial charge in [0.05, 0.1) is 0 Å². The fourth-order valence-corrected chi connectivity index (χ4v) is 0.938. The molecule has 0 radical (unpaired) electrons. The van der Waals surface area contributed by atoms with Crippen LogP contribution in [-0.2, 0) is 9.47 Å². The monoisotopic (exact) mass is 161 g/mol. The molecule has 1 atom stereocenters. The van der Waals surface area contributed by atoms with Gasteiger partial charge in [-0.2, -0.15) is 0 Å². The normalized spacial score (nSPS) is 13.9. The zero-order valence-electron chi connectivity index (χ0n) is 7.67. The van der Waals surface area contributed by atoms with Crippen molar-refractivity contribution < 1.29 is 9.47 Å². The Hall–Kier alpha value is -0.120. The minimum absolute atomic E-state index is 0.0613. The lowest BCUT2D eigenvalue weighted by atomic mass is 10.1. The Morgan fingerprint density at radius 3 is 2.09 bits per heavy atom. The molecule has 0 aliphatic heterocycles. The number of rotatable bonds is 6. The first kappa shape index (κ1) is 10.9. The van der Waals surface area contributed by atoms with Crippen LogP contribution in [0, 0.1) is 0 Å². The molecule has 0 bridgehead atoms. The molecule has 3 nitrogen and oxygen atoms in total. The van der Waals surface area contributed by atoms with Crippen molar-refractivity contribution in [2.75, 3.05) is 14.2 Å². The number of hydrogen-bond donors (Lipinski definition) is 1. The zero-order valence-corrected chi connectivity index (χ0v) is 7.67. The Labute approximate surface area is 68.9 Å². The van der Waals surface area contributed by atoms with Crippen molar-refractivity contribution in [3.63, 3.8) is 0 Å². The van der Waals surface area contributed by atoms with E-state index < -0.39 is 0 Å². The van der Waals surface area contributed by atoms with Crippen LogP contribution >= 0.6 is 0 Å². The van der Waals surface area contributed by atoms with Gasteiger partial charge in [0.25, 0.3) is 0 Å². The summed E-state index contributed by atoms with van der Waals surface area (Å²) in [6.45, 7) is 2.01. The molecule has 0 aromatic heterocycles. The molecule has 0 aliphatic carbocycles. The Balaban J connectivity index is 3.21. The predicted octanol–water partition coefficient (Wildman–Crippen LogP) is 1.12. The molecule has 0 aliphatic rings. The van der Waals surface area contributed by atoms with Gasteiger partial charge in [-0.1, -0.05) is 0 Å². The van der Waals surface area contributed by atoms with Crippen LogP contribution in [-0.4, -0.2) is 26.6 Å². The molecule has 0 saturated heterocycles. The highest BCUT2D eigenvalue weighted by Gasteiger charge is 2.04. The summed E-state index contributed by atoms with van der Waals surface area (Å²) in [5.74, 6) is 0. The van der Waals surface area contributed by atoms with E-state index in [0.29, 0.717) is 0 Å². The van der Waals surface area contributed by atoms with Crippen LogP contribution in [0.1, 0.15) is 26.2 Å². The van der Waals surface area contributed by atoms with E-state index in [1.807, 2.05) is 6.92 Å². The van der Waals surface area contributed by atoms with Gasteiger partial charge in [0, 0.05) is 20.3 Å². The Morgan fingerprint density at radius 1 is 1.18 bits per heavy atom. The van der Waals surface area contributed by atoms with Crippen molar-refractivity contribution in [1.29, 1.82) is 0 Å². The first-order valence-electron chi connectivity index (χ1n) is 4.02. The maximum absolute atomic E-state index is 5.58. The van der Waals surface area contributed by atoms with E-state index in [-0.39, 0.29) is 12.3 Å². The third kappa shape index (κ3) is 6.28. The van der Waals surface area contributed by atoms with Crippen molar-refractivity contribution in [2.24, 2.45) is 5.73 Å². The summed E-state index contributed by atoms with van der Waals surface area (Å²) in [6, 6.07) is 0.282. The van der Waals surface area contributed by atoms with Crippen LogP contribution in [0.4, 0.5) is 0 Å². The molecule has 0 saturated carbocycles. The highest BCUT2D eigenvalue weighted by molar-refractivity contribution is 4.54. The Morgan fingerprint density at radius 2 is 1.73 bits per heavy atom. The minimum atomic E-state index is -0.0613. The molecule has 0 amide bonds. The van der Waals surface area contributed by atoms with Gasteiger partial charge in [0.15, 0.2) is 6.29 Å². The molecule has 0 spiro atoms. The van der Waals surface area contributed by atoms with E-state index in [2.05, 4.69) is 0 Å². The highest BCUT2D eigenvalue weighted by Crippen LogP contribution is 2.05. The first-order chi connectivity index (χ1) is 5.20. The standard InChI is InChI=1S/C8H19NO2/c1-7(9)5-4-6-8(10-2)11-3/h7-8H,4-6,9H2,1-3H3/t7-/m0/s1. The van der Waals surface area contributed by atoms with Crippen molar-refractivity contribution in [2.45, 2.75) is 38.5 Å². The summed E-state index contributed by atoms with van der Waals surface area (Å²) >= 11 is 0. The van der Waals surface area contributed by atoms with Gasteiger partial charge in [-0.3, -0.25) is 0 Å². The van der Waals surface area contributed by atoms with Gasteiger partial charge < -0.3 is 15.2 Å². The molecule has 0 aromatic carbocycles. The van der Waals surface area contributed by atoms with Crippen LogP contribution in [0.5, 0.6) is 0 Å². The maximum atomic E-state index is 5.58. The van der Waals surface area contributed by atoms with Crippen LogP contribution < -0.4 is 5.73 Å². The van der Waals surface area contributed by atoms with E-state index in [1.54, 1.807) is 14.2 Å². The number of ether oxygens (including phenoxy) is 2. The van der Waals surface area contributed by atoms with Crippen molar-refractivity contribution >= 4 is 0 Å². The van der Waals surface area contributed by atoms with E-state index in [0.717, 1.165) is 19.3 Å². The zero-order chi connectivity index (χ0) is 8.69. The van der Waals surface area contributed by atoms with Gasteiger partial charge in [-0.25, -0.2) is 0 Å². The molecular formula is C8H19NO2. The lowest BCUT2D eigenvalue weighted by Crippen LogP contribution is -2.17. The van der Waals surface area contributed by atoms with Gasteiger partial charge in [0.2, 0.25) is 0 Å². The van der Waals surface area contributed by atoms with E-state index >= 15 is 0 Å². The van der Waals surface area contributed by atoms with Crippen LogP contribution in [0.25, 0.3) is 0 Å². The Kier molecular flexibility index (Phi) is 6.51. The molecule has 0 fully saturated rings. The molecule has 0 aromatic rings. The lowest BCUT2D eigenvalue weighted by Gasteiger charge is -2.13. The maximum Gasteiger partial charge on any atom is 0.156 e. The van der Waals surface area contributed by atoms with Crippen molar-refractivity contribution in [3.05, 3.63) is 0 Å². The largest absolute Gasteiger partial charge is 0.356 e. The molecule has 0 unspecified atom stereocenters. The summed E-state index contributed by atoms with van der Waals surface area (Å²) < 4.78 is 10.0. The smallest absolute Gasteiger partial charge is 0.156 e. The molecule has 11 heavy (non-hydrogen) atoms. The third-order valence-corrected chi connectivity index (χ3v) is 1.63. The summed E-state index contributed by atoms with van der Waals surface area (Å²) in [7, 11) is 3.31. The molecule has 0 heterocycles. The first-order valence-corrected chi connectivity index (χ1v) is 4.02. The van der Waals surface area contributed by atoms with Gasteiger partial charge in [-0.15, -0.1) is 0 Å². The average Bonchev–Trinajstić information content (AvgIpc) is 1.98. The summed E-state index contributed by atoms with van der Waals surface area (Å²) in [5, 5.41) is 0. The lowest BCUT2D eigenvalue weighted by molar-refractivity contribution is -0.107. The second-order valence-corrected chi connectivity index (χ2v) is 2.81. The van der Waals surface area contributed by atoms with Crippen molar-refractivity contribution in [3.8, 4) is 0 Å². The second-order valence-electron chi connectivity index (χ2n) is 2.81. The molecule has 0 rings (SSSR count). The van der Waals surface area contributed by atoms with Gasteiger partial charge >= 0.3 is 0 Å². The molecule has 2 N–H and O–H groups in total. The number of methoxy groups -OCH3 is 2. The molecule has 68 valence electrons. The SMILES string of the molecule is COC(CCC[C@H](C)N)OC. The fourth-order valence-electron chi connectivity index (χ4n) is 0.938. The van der Waals surface area contributed by atoms with E-state index in [4.69, 9.17) is 15.2 Å². The van der Waals surface area contributed by atoms with Crippen LogP contribution in [0.3, 0.4) is 0 Å². The quantitative estimate of drug-likeness (QED) is 0.594. The topological polar surface area (TPSA) is 44.5 Å².